The molecule has 0 fully saturated rings. The van der Waals surface area contributed by atoms with Gasteiger partial charge in [-0.3, -0.25) is 4.79 Å². The molecule has 1 unspecified atom stereocenters. The third-order valence-electron chi connectivity index (χ3n) is 4.31. The molecule has 0 amide bonds. The predicted molar refractivity (Wildman–Crippen MR) is 124 cm³/mol. The quantitative estimate of drug-likeness (QED) is 0.136. The molecular formula is C21H40O2S3. The molecule has 0 aromatic heterocycles. The first-order chi connectivity index (χ1) is 12.6. The zero-order valence-electron chi connectivity index (χ0n) is 17.2. The van der Waals surface area contributed by atoms with Gasteiger partial charge in [-0.05, 0) is 18.6 Å². The summed E-state index contributed by atoms with van der Waals surface area (Å²) in [4.78, 5) is 11.3. The van der Waals surface area contributed by atoms with Gasteiger partial charge in [-0.2, -0.15) is 0 Å². The van der Waals surface area contributed by atoms with Gasteiger partial charge in [0.05, 0.1) is 0 Å². The molecule has 0 saturated carbocycles. The largest absolute Gasteiger partial charge is 0.464 e. The van der Waals surface area contributed by atoms with E-state index in [-0.39, 0.29) is 5.97 Å². The maximum Gasteiger partial charge on any atom is 0.305 e. The molecule has 0 aromatic carbocycles. The second-order valence-electron chi connectivity index (χ2n) is 6.85. The van der Waals surface area contributed by atoms with E-state index in [9.17, 15) is 4.79 Å². The van der Waals surface area contributed by atoms with E-state index in [0.29, 0.717) is 18.3 Å². The zero-order valence-corrected chi connectivity index (χ0v) is 19.7. The molecule has 154 valence electrons. The summed E-state index contributed by atoms with van der Waals surface area (Å²) < 4.78 is 6.30. The molecule has 0 saturated heterocycles. The number of hydrogen-bond donors (Lipinski definition) is 0. The van der Waals surface area contributed by atoms with E-state index in [1.54, 1.807) is 23.5 Å². The third kappa shape index (κ3) is 17.7. The lowest BCUT2D eigenvalue weighted by Crippen LogP contribution is -2.16. The monoisotopic (exact) mass is 420 g/mol. The first kappa shape index (κ1) is 26.3. The number of thioether (sulfide) groups is 2. The van der Waals surface area contributed by atoms with Gasteiger partial charge in [0.25, 0.3) is 0 Å². The van der Waals surface area contributed by atoms with Gasteiger partial charge < -0.3 is 4.74 Å². The van der Waals surface area contributed by atoms with Crippen molar-refractivity contribution in [3.8, 4) is 0 Å². The Kier molecular flexibility index (Phi) is 20.2. The van der Waals surface area contributed by atoms with Crippen LogP contribution in [0.1, 0.15) is 104 Å². The second-order valence-corrected chi connectivity index (χ2v) is 10.4. The molecule has 0 rings (SSSR count). The van der Waals surface area contributed by atoms with Crippen LogP contribution in [0.15, 0.2) is 0 Å². The summed E-state index contributed by atoms with van der Waals surface area (Å²) in [6.45, 7) is 6.75. The minimum atomic E-state index is -0.115. The Hall–Kier alpha value is 0.260. The molecule has 2 nitrogen and oxygen atoms in total. The van der Waals surface area contributed by atoms with Crippen LogP contribution in [0.3, 0.4) is 0 Å². The zero-order chi connectivity index (χ0) is 19.5. The van der Waals surface area contributed by atoms with Crippen molar-refractivity contribution in [2.75, 3.05) is 12.4 Å². The first-order valence-electron chi connectivity index (χ1n) is 10.6. The Balaban J connectivity index is 3.59. The number of unbranched alkanes of at least 4 members (excludes halogenated alkanes) is 9. The van der Waals surface area contributed by atoms with Crippen LogP contribution in [0.4, 0.5) is 0 Å². The first-order valence-corrected chi connectivity index (χ1v) is 12.9. The van der Waals surface area contributed by atoms with E-state index in [0.717, 1.165) is 22.1 Å². The average molecular weight is 421 g/mol. The summed E-state index contributed by atoms with van der Waals surface area (Å²) in [7, 11) is 0. The molecule has 0 aliphatic carbocycles. The van der Waals surface area contributed by atoms with Crippen molar-refractivity contribution in [2.45, 2.75) is 109 Å². The molecular weight excluding hydrogens is 380 g/mol. The lowest BCUT2D eigenvalue weighted by atomic mass is 10.1. The molecule has 0 aliphatic heterocycles. The number of carbonyl (C=O) groups excluding carboxylic acids is 1. The standard InChI is InChI=1S/C21H40O2S3/c1-4-7-8-9-10-11-12-13-14-15-17-25-21(24)26-19(16-5-2)18-23-20(22)6-3/h19H,4-18H2,1-3H3. The maximum absolute atomic E-state index is 11.3. The van der Waals surface area contributed by atoms with Gasteiger partial charge in [0.15, 0.2) is 0 Å². The fraction of sp³-hybridized carbons (Fsp3) is 0.905. The highest BCUT2D eigenvalue weighted by atomic mass is 32.2. The second kappa shape index (κ2) is 20.0. The fourth-order valence-electron chi connectivity index (χ4n) is 2.70. The van der Waals surface area contributed by atoms with Crippen LogP contribution in [0.25, 0.3) is 0 Å². The van der Waals surface area contributed by atoms with Crippen LogP contribution >= 0.6 is 35.7 Å². The fourth-order valence-corrected chi connectivity index (χ4v) is 5.57. The van der Waals surface area contributed by atoms with Crippen molar-refractivity contribution in [1.29, 1.82) is 0 Å². The molecule has 5 heteroatoms. The topological polar surface area (TPSA) is 26.3 Å². The number of hydrogen-bond acceptors (Lipinski definition) is 5. The highest BCUT2D eigenvalue weighted by Crippen LogP contribution is 2.26. The highest BCUT2D eigenvalue weighted by molar-refractivity contribution is 8.47. The van der Waals surface area contributed by atoms with E-state index >= 15 is 0 Å². The van der Waals surface area contributed by atoms with E-state index < -0.39 is 0 Å². The van der Waals surface area contributed by atoms with E-state index in [2.05, 4.69) is 13.8 Å². The van der Waals surface area contributed by atoms with Gasteiger partial charge in [-0.15, -0.1) is 23.5 Å². The molecule has 1 atom stereocenters. The van der Waals surface area contributed by atoms with Crippen molar-refractivity contribution in [3.05, 3.63) is 0 Å². The normalized spacial score (nSPS) is 12.1. The van der Waals surface area contributed by atoms with E-state index in [4.69, 9.17) is 17.0 Å². The minimum absolute atomic E-state index is 0.115. The molecule has 0 bridgehead atoms. The van der Waals surface area contributed by atoms with Crippen molar-refractivity contribution in [1.82, 2.24) is 0 Å². The molecule has 0 spiro atoms. The van der Waals surface area contributed by atoms with Crippen LogP contribution < -0.4 is 0 Å². The van der Waals surface area contributed by atoms with Crippen LogP contribution in [0.5, 0.6) is 0 Å². The number of ether oxygens (including phenoxy) is 1. The van der Waals surface area contributed by atoms with E-state index in [1.165, 1.54) is 64.2 Å². The van der Waals surface area contributed by atoms with Gasteiger partial charge in [0.2, 0.25) is 0 Å². The van der Waals surface area contributed by atoms with Crippen LogP contribution in [-0.2, 0) is 9.53 Å². The summed E-state index contributed by atoms with van der Waals surface area (Å²) >= 11 is 9.03. The smallest absolute Gasteiger partial charge is 0.305 e. The SMILES string of the molecule is CCCCCCCCCCCCSC(=S)SC(CCC)COC(=O)CC. The third-order valence-corrected chi connectivity index (χ3v) is 7.22. The minimum Gasteiger partial charge on any atom is -0.464 e. The highest BCUT2D eigenvalue weighted by Gasteiger charge is 2.14. The Bertz CT molecular complexity index is 348. The summed E-state index contributed by atoms with van der Waals surface area (Å²) in [6, 6.07) is 0. The number of thiocarbonyl (C=S) groups is 1. The molecule has 0 heterocycles. The molecule has 0 aromatic rings. The lowest BCUT2D eigenvalue weighted by molar-refractivity contribution is -0.143. The number of rotatable bonds is 17. The summed E-state index contributed by atoms with van der Waals surface area (Å²) in [5.74, 6) is 1.01. The van der Waals surface area contributed by atoms with Crippen LogP contribution in [-0.4, -0.2) is 27.1 Å². The average Bonchev–Trinajstić information content (AvgIpc) is 2.64. The Morgan fingerprint density at radius 2 is 1.46 bits per heavy atom. The molecule has 26 heavy (non-hydrogen) atoms. The summed E-state index contributed by atoms with van der Waals surface area (Å²) in [5.41, 5.74) is 0. The Labute approximate surface area is 176 Å². The van der Waals surface area contributed by atoms with Gasteiger partial charge in [0.1, 0.15) is 10.1 Å². The van der Waals surface area contributed by atoms with Gasteiger partial charge in [-0.1, -0.05) is 97.2 Å². The van der Waals surface area contributed by atoms with Gasteiger partial charge in [0, 0.05) is 11.7 Å². The molecule has 0 aliphatic rings. The number of esters is 1. The van der Waals surface area contributed by atoms with E-state index in [1.807, 2.05) is 6.92 Å². The predicted octanol–water partition coefficient (Wildman–Crippen LogP) is 7.78. The molecule has 0 N–H and O–H groups in total. The maximum atomic E-state index is 11.3. The molecule has 0 radical (unpaired) electrons. The lowest BCUT2D eigenvalue weighted by Gasteiger charge is -2.16. The Morgan fingerprint density at radius 1 is 0.885 bits per heavy atom. The number of carbonyl (C=O) groups is 1. The van der Waals surface area contributed by atoms with Gasteiger partial charge in [-0.25, -0.2) is 0 Å². The van der Waals surface area contributed by atoms with Gasteiger partial charge >= 0.3 is 5.97 Å². The van der Waals surface area contributed by atoms with Crippen LogP contribution in [0, 0.1) is 0 Å². The van der Waals surface area contributed by atoms with Crippen molar-refractivity contribution in [2.24, 2.45) is 0 Å². The summed E-state index contributed by atoms with van der Waals surface area (Å²) in [6.07, 6.45) is 16.3. The summed E-state index contributed by atoms with van der Waals surface area (Å²) in [5, 5.41) is 0.309. The van der Waals surface area contributed by atoms with Crippen molar-refractivity contribution in [3.63, 3.8) is 0 Å². The van der Waals surface area contributed by atoms with Crippen molar-refractivity contribution >= 4 is 45.2 Å². The van der Waals surface area contributed by atoms with Crippen LogP contribution in [0.2, 0.25) is 0 Å². The van der Waals surface area contributed by atoms with Crippen molar-refractivity contribution < 1.29 is 9.53 Å². The Morgan fingerprint density at radius 3 is 2.00 bits per heavy atom.